The Morgan fingerprint density at radius 2 is 1.71 bits per heavy atom. The molecule has 0 saturated carbocycles. The highest BCUT2D eigenvalue weighted by Crippen LogP contribution is 2.30. The number of fused-ring (bicyclic) bond motifs is 1. The monoisotopic (exact) mass is 277 g/mol. The second kappa shape index (κ2) is 5.44. The highest BCUT2D eigenvalue weighted by Gasteiger charge is 2.07. The number of hydrogen-bond donors (Lipinski definition) is 2. The maximum Gasteiger partial charge on any atom is 0.0746 e. The van der Waals surface area contributed by atoms with E-state index in [4.69, 9.17) is 5.73 Å². The third kappa shape index (κ3) is 2.68. The van der Waals surface area contributed by atoms with Crippen LogP contribution in [0.4, 0.5) is 17.1 Å². The minimum atomic E-state index is 0.533. The van der Waals surface area contributed by atoms with Gasteiger partial charge in [-0.15, -0.1) is 0 Å². The van der Waals surface area contributed by atoms with Crippen LogP contribution in [0.15, 0.2) is 54.7 Å². The maximum atomic E-state index is 6.09. The Balaban J connectivity index is 1.99. The van der Waals surface area contributed by atoms with Gasteiger partial charge in [-0.2, -0.15) is 0 Å². The van der Waals surface area contributed by atoms with E-state index >= 15 is 0 Å². The summed E-state index contributed by atoms with van der Waals surface area (Å²) in [7, 11) is 0. The molecule has 3 rings (SSSR count). The number of benzene rings is 2. The van der Waals surface area contributed by atoms with Gasteiger partial charge in [0.2, 0.25) is 0 Å². The summed E-state index contributed by atoms with van der Waals surface area (Å²) in [5, 5.41) is 4.45. The van der Waals surface area contributed by atoms with E-state index in [0.29, 0.717) is 11.6 Å². The summed E-state index contributed by atoms with van der Waals surface area (Å²) >= 11 is 0. The lowest BCUT2D eigenvalue weighted by Crippen LogP contribution is -1.99. The van der Waals surface area contributed by atoms with Gasteiger partial charge in [-0.05, 0) is 29.7 Å². The minimum Gasteiger partial charge on any atom is -0.396 e. The quantitative estimate of drug-likeness (QED) is 0.730. The van der Waals surface area contributed by atoms with Gasteiger partial charge in [0.15, 0.2) is 0 Å². The van der Waals surface area contributed by atoms with Gasteiger partial charge in [0, 0.05) is 11.1 Å². The average molecular weight is 277 g/mol. The molecule has 0 aliphatic carbocycles. The topological polar surface area (TPSA) is 50.9 Å². The summed E-state index contributed by atoms with van der Waals surface area (Å²) in [6.45, 7) is 4.38. The van der Waals surface area contributed by atoms with Gasteiger partial charge in [-0.25, -0.2) is 0 Å². The number of rotatable bonds is 3. The number of para-hydroxylation sites is 1. The van der Waals surface area contributed by atoms with Gasteiger partial charge >= 0.3 is 0 Å². The SMILES string of the molecule is CC(C)c1ccc(Nc2c(N)cnc3ccccc23)cc1. The fourth-order valence-corrected chi connectivity index (χ4v) is 2.39. The number of nitrogens with zero attached hydrogens (tertiary/aromatic N) is 1. The zero-order chi connectivity index (χ0) is 14.8. The Morgan fingerprint density at radius 3 is 2.43 bits per heavy atom. The minimum absolute atomic E-state index is 0.533. The molecule has 3 heteroatoms. The van der Waals surface area contributed by atoms with Crippen molar-refractivity contribution in [2.45, 2.75) is 19.8 Å². The largest absolute Gasteiger partial charge is 0.396 e. The summed E-state index contributed by atoms with van der Waals surface area (Å²) in [6, 6.07) is 16.5. The summed E-state index contributed by atoms with van der Waals surface area (Å²) in [4.78, 5) is 4.36. The third-order valence-electron chi connectivity index (χ3n) is 3.65. The summed E-state index contributed by atoms with van der Waals surface area (Å²) < 4.78 is 0. The molecule has 0 fully saturated rings. The molecule has 0 radical (unpaired) electrons. The van der Waals surface area contributed by atoms with Gasteiger partial charge in [0.25, 0.3) is 0 Å². The summed E-state index contributed by atoms with van der Waals surface area (Å²) in [5.41, 5.74) is 11.0. The van der Waals surface area contributed by atoms with Crippen LogP contribution in [0.5, 0.6) is 0 Å². The fraction of sp³-hybridized carbons (Fsp3) is 0.167. The number of pyridine rings is 1. The number of nitrogens with two attached hydrogens (primary N) is 1. The molecule has 0 aliphatic heterocycles. The Hall–Kier alpha value is -2.55. The highest BCUT2D eigenvalue weighted by atomic mass is 14.9. The van der Waals surface area contributed by atoms with Crippen LogP contribution in [0.3, 0.4) is 0 Å². The smallest absolute Gasteiger partial charge is 0.0746 e. The van der Waals surface area contributed by atoms with E-state index in [2.05, 4.69) is 48.4 Å². The predicted molar refractivity (Wildman–Crippen MR) is 90.0 cm³/mol. The van der Waals surface area contributed by atoms with Crippen molar-refractivity contribution in [2.75, 3.05) is 11.1 Å². The van der Waals surface area contributed by atoms with Crippen molar-refractivity contribution in [3.05, 3.63) is 60.3 Å². The Labute approximate surface area is 124 Å². The van der Waals surface area contributed by atoms with Crippen LogP contribution in [0, 0.1) is 0 Å². The lowest BCUT2D eigenvalue weighted by molar-refractivity contribution is 0.867. The van der Waals surface area contributed by atoms with Crippen molar-refractivity contribution in [2.24, 2.45) is 0 Å². The first-order valence-corrected chi connectivity index (χ1v) is 7.15. The summed E-state index contributed by atoms with van der Waals surface area (Å²) in [6.07, 6.45) is 1.70. The second-order valence-electron chi connectivity index (χ2n) is 5.51. The molecule has 3 aromatic rings. The summed E-state index contributed by atoms with van der Waals surface area (Å²) in [5.74, 6) is 0.533. The molecular weight excluding hydrogens is 258 g/mol. The van der Waals surface area contributed by atoms with Crippen LogP contribution in [0.1, 0.15) is 25.3 Å². The zero-order valence-corrected chi connectivity index (χ0v) is 12.3. The number of aromatic nitrogens is 1. The number of anilines is 3. The van der Waals surface area contributed by atoms with E-state index in [1.807, 2.05) is 24.3 Å². The van der Waals surface area contributed by atoms with Gasteiger partial charge in [0.05, 0.1) is 23.1 Å². The molecule has 106 valence electrons. The first-order valence-electron chi connectivity index (χ1n) is 7.15. The standard InChI is InChI=1S/C18H19N3/c1-12(2)13-7-9-14(10-8-13)21-18-15-5-3-4-6-17(15)20-11-16(18)19/h3-12H,19H2,1-2H3,(H,20,21). The first kappa shape index (κ1) is 13.4. The third-order valence-corrected chi connectivity index (χ3v) is 3.65. The van der Waals surface area contributed by atoms with Crippen molar-refractivity contribution in [1.82, 2.24) is 4.98 Å². The Bertz CT molecular complexity index is 761. The van der Waals surface area contributed by atoms with Crippen LogP contribution < -0.4 is 11.1 Å². The molecule has 0 bridgehead atoms. The highest BCUT2D eigenvalue weighted by molar-refractivity contribution is 5.98. The molecule has 3 N–H and O–H groups in total. The van der Waals surface area contributed by atoms with E-state index in [1.54, 1.807) is 6.20 Å². The fourth-order valence-electron chi connectivity index (χ4n) is 2.39. The van der Waals surface area contributed by atoms with E-state index in [-0.39, 0.29) is 0 Å². The molecule has 2 aromatic carbocycles. The predicted octanol–water partition coefficient (Wildman–Crippen LogP) is 4.68. The first-order chi connectivity index (χ1) is 10.1. The average Bonchev–Trinajstić information content (AvgIpc) is 2.51. The molecule has 0 spiro atoms. The van der Waals surface area contributed by atoms with Crippen molar-refractivity contribution in [1.29, 1.82) is 0 Å². The van der Waals surface area contributed by atoms with Gasteiger partial charge < -0.3 is 11.1 Å². The molecule has 1 heterocycles. The van der Waals surface area contributed by atoms with Gasteiger partial charge in [0.1, 0.15) is 0 Å². The van der Waals surface area contributed by atoms with Crippen LogP contribution in [0.25, 0.3) is 10.9 Å². The van der Waals surface area contributed by atoms with Crippen LogP contribution in [-0.2, 0) is 0 Å². The maximum absolute atomic E-state index is 6.09. The normalized spacial score (nSPS) is 11.0. The van der Waals surface area contributed by atoms with Gasteiger partial charge in [-0.3, -0.25) is 4.98 Å². The molecule has 3 nitrogen and oxygen atoms in total. The molecular formula is C18H19N3. The zero-order valence-electron chi connectivity index (χ0n) is 12.3. The molecule has 0 atom stereocenters. The molecule has 21 heavy (non-hydrogen) atoms. The van der Waals surface area contributed by atoms with E-state index < -0.39 is 0 Å². The lowest BCUT2D eigenvalue weighted by Gasteiger charge is -2.13. The van der Waals surface area contributed by atoms with E-state index in [1.165, 1.54) is 5.56 Å². The van der Waals surface area contributed by atoms with Crippen LogP contribution >= 0.6 is 0 Å². The molecule has 0 aliphatic rings. The van der Waals surface area contributed by atoms with Crippen molar-refractivity contribution < 1.29 is 0 Å². The number of nitrogens with one attached hydrogen (secondary N) is 1. The number of hydrogen-bond acceptors (Lipinski definition) is 3. The molecule has 0 saturated heterocycles. The lowest BCUT2D eigenvalue weighted by atomic mass is 10.0. The van der Waals surface area contributed by atoms with Crippen molar-refractivity contribution in [3.8, 4) is 0 Å². The van der Waals surface area contributed by atoms with Crippen LogP contribution in [-0.4, -0.2) is 4.98 Å². The van der Waals surface area contributed by atoms with Crippen LogP contribution in [0.2, 0.25) is 0 Å². The van der Waals surface area contributed by atoms with E-state index in [9.17, 15) is 0 Å². The van der Waals surface area contributed by atoms with Crippen molar-refractivity contribution in [3.63, 3.8) is 0 Å². The van der Waals surface area contributed by atoms with E-state index in [0.717, 1.165) is 22.3 Å². The second-order valence-corrected chi connectivity index (χ2v) is 5.51. The molecule has 0 unspecified atom stereocenters. The van der Waals surface area contributed by atoms with Crippen molar-refractivity contribution >= 4 is 28.0 Å². The molecule has 0 amide bonds. The molecule has 1 aromatic heterocycles. The number of nitrogen functional groups attached to an aromatic ring is 1. The Morgan fingerprint density at radius 1 is 1.00 bits per heavy atom. The van der Waals surface area contributed by atoms with Gasteiger partial charge in [-0.1, -0.05) is 44.2 Å². The Kier molecular flexibility index (Phi) is 3.48.